The highest BCUT2D eigenvalue weighted by Gasteiger charge is 2.48. The van der Waals surface area contributed by atoms with Gasteiger partial charge in [0.15, 0.2) is 5.82 Å². The number of likely N-dealkylation sites (N-methyl/N-ethyl adjacent to an activating group) is 1. The highest BCUT2D eigenvalue weighted by atomic mass is 35.5. The summed E-state index contributed by atoms with van der Waals surface area (Å²) >= 11 is 7.55. The predicted octanol–water partition coefficient (Wildman–Crippen LogP) is 0.482. The quantitative estimate of drug-likeness (QED) is 0.144. The zero-order valence-electron chi connectivity index (χ0n) is 23.0. The third-order valence-corrected chi connectivity index (χ3v) is 8.30. The van der Waals surface area contributed by atoms with E-state index in [9.17, 15) is 30.2 Å². The number of halogens is 1. The SMILES string of the molecule is CCC[C@@H]1C[C@@H](C(=O)N[C@@H]([C@H]2O[C@H](SC)[C@H](O)[C@@H](O)[C@H]2O)[C@H](C)Cl)N(C)C1.Cc1ncc([N+](=O)[O-])n1CCO. The Morgan fingerprint density at radius 3 is 2.56 bits per heavy atom. The Bertz CT molecular complexity index is 938. The number of alkyl halides is 1. The van der Waals surface area contributed by atoms with E-state index in [-0.39, 0.29) is 30.9 Å². The van der Waals surface area contributed by atoms with E-state index in [4.69, 9.17) is 21.4 Å². The van der Waals surface area contributed by atoms with Crippen molar-refractivity contribution >= 4 is 35.1 Å². The molecule has 0 spiro atoms. The number of aliphatic hydroxyl groups excluding tert-OH is 4. The number of amides is 1. The van der Waals surface area contributed by atoms with Gasteiger partial charge in [0.2, 0.25) is 5.91 Å². The Morgan fingerprint density at radius 1 is 1.36 bits per heavy atom. The minimum absolute atomic E-state index is 0.0819. The van der Waals surface area contributed by atoms with Gasteiger partial charge in [-0.25, -0.2) is 9.55 Å². The van der Waals surface area contributed by atoms with Gasteiger partial charge in [-0.05, 0) is 43.9 Å². The molecule has 0 radical (unpaired) electrons. The van der Waals surface area contributed by atoms with Crippen LogP contribution in [-0.4, -0.2) is 119 Å². The van der Waals surface area contributed by atoms with E-state index in [0.29, 0.717) is 11.7 Å². The van der Waals surface area contributed by atoms with Crippen LogP contribution in [0.25, 0.3) is 0 Å². The third-order valence-electron chi connectivity index (χ3n) is 7.18. The zero-order chi connectivity index (χ0) is 29.4. The maximum Gasteiger partial charge on any atom is 0.342 e. The summed E-state index contributed by atoms with van der Waals surface area (Å²) in [7, 11) is 1.94. The molecule has 3 rings (SSSR count). The van der Waals surface area contributed by atoms with Crippen LogP contribution in [0.1, 0.15) is 38.9 Å². The molecular weight excluding hydrogens is 554 g/mol. The Kier molecular flexibility index (Phi) is 13.4. The van der Waals surface area contributed by atoms with Crippen LogP contribution in [0.15, 0.2) is 6.20 Å². The van der Waals surface area contributed by atoms with Gasteiger partial charge in [-0.1, -0.05) is 13.3 Å². The number of ether oxygens (including phenoxy) is 1. The van der Waals surface area contributed by atoms with Crippen molar-refractivity contribution in [3.8, 4) is 0 Å². The third kappa shape index (κ3) is 8.49. The largest absolute Gasteiger partial charge is 0.392 e. The second kappa shape index (κ2) is 15.5. The van der Waals surface area contributed by atoms with Crippen LogP contribution in [-0.2, 0) is 16.1 Å². The van der Waals surface area contributed by atoms with Gasteiger partial charge in [0.25, 0.3) is 0 Å². The van der Waals surface area contributed by atoms with Gasteiger partial charge in [0, 0.05) is 13.5 Å². The summed E-state index contributed by atoms with van der Waals surface area (Å²) in [6, 6.07) is -0.934. The molecule has 3 heterocycles. The second-order valence-corrected chi connectivity index (χ2v) is 11.7. The second-order valence-electron chi connectivity index (χ2n) is 10.0. The molecular formula is C24H42ClN5O8S. The maximum atomic E-state index is 12.9. The number of nitrogens with zero attached hydrogens (tertiary/aromatic N) is 4. The first-order chi connectivity index (χ1) is 18.4. The molecule has 13 nitrogen and oxygen atoms in total. The van der Waals surface area contributed by atoms with E-state index < -0.39 is 46.2 Å². The average Bonchev–Trinajstić information content (AvgIpc) is 3.44. The van der Waals surface area contributed by atoms with Gasteiger partial charge in [0.05, 0.1) is 24.1 Å². The van der Waals surface area contributed by atoms with Gasteiger partial charge in [-0.3, -0.25) is 9.69 Å². The summed E-state index contributed by atoms with van der Waals surface area (Å²) < 4.78 is 7.16. The molecule has 2 saturated heterocycles. The summed E-state index contributed by atoms with van der Waals surface area (Å²) in [6.07, 6.45) is 1.09. The van der Waals surface area contributed by atoms with Crippen molar-refractivity contribution in [2.24, 2.45) is 5.92 Å². The van der Waals surface area contributed by atoms with Crippen molar-refractivity contribution in [3.05, 3.63) is 22.1 Å². The zero-order valence-corrected chi connectivity index (χ0v) is 24.6. The fraction of sp³-hybridized carbons (Fsp3) is 0.833. The van der Waals surface area contributed by atoms with Gasteiger partial charge in [-0.15, -0.1) is 23.4 Å². The van der Waals surface area contributed by atoms with Crippen molar-refractivity contribution < 1.29 is 34.9 Å². The van der Waals surface area contributed by atoms with Crippen molar-refractivity contribution in [1.82, 2.24) is 19.8 Å². The number of aliphatic hydroxyl groups is 4. The standard InChI is InChI=1S/C18H33ClN2O5S.C6H9N3O3/c1-5-6-10-7-11(21(3)8-10)17(25)20-12(9(2)19)16-14(23)13(22)15(24)18(26-16)27-4;1-5-7-4-6(9(11)12)8(5)2-3-10/h9-16,18,22-24H,5-8H2,1-4H3,(H,20,25);4,10H,2-3H2,1H3/t9-,10+,11-,12+,13-,14+,15+,16+,18+;/m0./s1. The van der Waals surface area contributed by atoms with Crippen molar-refractivity contribution in [3.63, 3.8) is 0 Å². The van der Waals surface area contributed by atoms with E-state index in [1.54, 1.807) is 20.1 Å². The Hall–Kier alpha value is -1.52. The number of likely N-dealkylation sites (tertiary alicyclic amines) is 1. The number of aromatic nitrogens is 2. The number of carbonyl (C=O) groups is 1. The molecule has 0 bridgehead atoms. The topological polar surface area (TPSA) is 183 Å². The maximum absolute atomic E-state index is 12.9. The molecule has 15 heteroatoms. The highest BCUT2D eigenvalue weighted by Crippen LogP contribution is 2.31. The van der Waals surface area contributed by atoms with E-state index in [1.165, 1.54) is 22.5 Å². The number of aryl methyl sites for hydroxylation is 1. The molecule has 2 fully saturated rings. The van der Waals surface area contributed by atoms with Crippen molar-refractivity contribution in [2.75, 3.05) is 26.5 Å². The first kappa shape index (κ1) is 33.7. The fourth-order valence-corrected chi connectivity index (χ4v) is 5.98. The molecule has 0 unspecified atom stereocenters. The molecule has 0 saturated carbocycles. The van der Waals surface area contributed by atoms with Gasteiger partial charge in [-0.2, -0.15) is 0 Å². The van der Waals surface area contributed by atoms with Crippen LogP contribution < -0.4 is 5.32 Å². The van der Waals surface area contributed by atoms with Crippen LogP contribution in [0, 0.1) is 23.0 Å². The minimum atomic E-state index is -1.36. The predicted molar refractivity (Wildman–Crippen MR) is 148 cm³/mol. The Balaban J connectivity index is 0.000000370. The molecule has 39 heavy (non-hydrogen) atoms. The molecule has 0 aliphatic carbocycles. The van der Waals surface area contributed by atoms with Crippen LogP contribution in [0.3, 0.4) is 0 Å². The molecule has 1 amide bonds. The number of carbonyl (C=O) groups excluding carboxylic acids is 1. The average molecular weight is 596 g/mol. The first-order valence-corrected chi connectivity index (χ1v) is 14.7. The number of thioether (sulfide) groups is 1. The van der Waals surface area contributed by atoms with E-state index >= 15 is 0 Å². The van der Waals surface area contributed by atoms with Crippen LogP contribution >= 0.6 is 23.4 Å². The molecule has 0 aromatic carbocycles. The van der Waals surface area contributed by atoms with Crippen LogP contribution in [0.2, 0.25) is 0 Å². The molecule has 224 valence electrons. The number of rotatable bonds is 10. The monoisotopic (exact) mass is 595 g/mol. The number of nitrogens with one attached hydrogen (secondary N) is 1. The van der Waals surface area contributed by atoms with E-state index in [0.717, 1.165) is 25.8 Å². The molecule has 9 atom stereocenters. The lowest BCUT2D eigenvalue weighted by Crippen LogP contribution is -2.65. The van der Waals surface area contributed by atoms with Crippen LogP contribution in [0.5, 0.6) is 0 Å². The fourth-order valence-electron chi connectivity index (χ4n) is 5.09. The summed E-state index contributed by atoms with van der Waals surface area (Å²) in [4.78, 5) is 28.6. The minimum Gasteiger partial charge on any atom is -0.392 e. The van der Waals surface area contributed by atoms with Gasteiger partial charge in [0.1, 0.15) is 42.6 Å². The summed E-state index contributed by atoms with van der Waals surface area (Å²) in [5.41, 5.74) is -0.702. The van der Waals surface area contributed by atoms with E-state index in [1.807, 2.05) is 11.9 Å². The van der Waals surface area contributed by atoms with Crippen LogP contribution in [0.4, 0.5) is 5.82 Å². The Labute approximate surface area is 238 Å². The summed E-state index contributed by atoms with van der Waals surface area (Å²) in [5.74, 6) is 0.806. The molecule has 1 aromatic heterocycles. The Morgan fingerprint density at radius 2 is 2.03 bits per heavy atom. The number of hydrogen-bond donors (Lipinski definition) is 5. The number of imidazole rings is 1. The normalized spacial score (nSPS) is 30.8. The van der Waals surface area contributed by atoms with Crippen molar-refractivity contribution in [1.29, 1.82) is 0 Å². The lowest BCUT2D eigenvalue weighted by atomic mass is 9.92. The molecule has 5 N–H and O–H groups in total. The van der Waals surface area contributed by atoms with Crippen molar-refractivity contribution in [2.45, 2.75) is 93.9 Å². The summed E-state index contributed by atoms with van der Waals surface area (Å²) in [6.45, 7) is 6.48. The number of hydrogen-bond acceptors (Lipinski definition) is 11. The number of nitro groups is 1. The smallest absolute Gasteiger partial charge is 0.342 e. The molecule has 1 aromatic rings. The van der Waals surface area contributed by atoms with Gasteiger partial charge < -0.3 is 40.6 Å². The summed E-state index contributed by atoms with van der Waals surface area (Å²) in [5, 5.41) is 52.0. The van der Waals surface area contributed by atoms with E-state index in [2.05, 4.69) is 17.2 Å². The first-order valence-electron chi connectivity index (χ1n) is 13.0. The lowest BCUT2D eigenvalue weighted by Gasteiger charge is -2.44. The molecule has 2 aliphatic rings. The molecule has 2 aliphatic heterocycles. The lowest BCUT2D eigenvalue weighted by molar-refractivity contribution is -0.392. The highest BCUT2D eigenvalue weighted by molar-refractivity contribution is 7.99. The van der Waals surface area contributed by atoms with Gasteiger partial charge >= 0.3 is 5.82 Å².